The number of aliphatic imine (C=N–C) groups is 1. The van der Waals surface area contributed by atoms with Gasteiger partial charge in [0.15, 0.2) is 5.96 Å². The maximum absolute atomic E-state index is 12.1. The van der Waals surface area contributed by atoms with Crippen LogP contribution in [0.1, 0.15) is 18.4 Å². The lowest BCUT2D eigenvalue weighted by Crippen LogP contribution is -2.42. The van der Waals surface area contributed by atoms with E-state index in [9.17, 15) is 4.79 Å². The summed E-state index contributed by atoms with van der Waals surface area (Å²) >= 11 is 3.41. The molecule has 1 amide bonds. The van der Waals surface area contributed by atoms with Crippen LogP contribution in [-0.2, 0) is 14.3 Å². The quantitative estimate of drug-likeness (QED) is 0.336. The summed E-state index contributed by atoms with van der Waals surface area (Å²) in [5.74, 6) is 0.467. The Bertz CT molecular complexity index is 618. The van der Waals surface area contributed by atoms with E-state index in [1.54, 1.807) is 7.05 Å². The molecule has 144 valence electrons. The fraction of sp³-hybridized carbons (Fsp3) is 0.556. The molecule has 1 unspecified atom stereocenters. The van der Waals surface area contributed by atoms with Crippen molar-refractivity contribution in [1.82, 2.24) is 10.6 Å². The summed E-state index contributed by atoms with van der Waals surface area (Å²) in [6.45, 7) is 4.99. The van der Waals surface area contributed by atoms with Gasteiger partial charge in [0.1, 0.15) is 0 Å². The molecule has 0 spiro atoms. The molecule has 1 atom stereocenters. The van der Waals surface area contributed by atoms with Crippen LogP contribution in [-0.4, -0.2) is 57.9 Å². The van der Waals surface area contributed by atoms with E-state index in [0.29, 0.717) is 19.2 Å². The number of benzene rings is 1. The van der Waals surface area contributed by atoms with Crippen LogP contribution in [0.2, 0.25) is 0 Å². The largest absolute Gasteiger partial charge is 0.379 e. The Morgan fingerprint density at radius 1 is 1.42 bits per heavy atom. The highest BCUT2D eigenvalue weighted by Crippen LogP contribution is 2.20. The molecule has 1 aromatic rings. The van der Waals surface area contributed by atoms with E-state index < -0.39 is 0 Å². The standard InChI is InChI=1S/C18H27BrN4O3/c1-13-4-5-14(19)10-16(13)23-17(24)11-22-18(20-2)21-7-3-8-26-15-6-9-25-12-15/h4-5,10,15H,3,6-9,11-12H2,1-2H3,(H,23,24)(H2,20,21,22). The summed E-state index contributed by atoms with van der Waals surface area (Å²) in [4.78, 5) is 16.2. The van der Waals surface area contributed by atoms with Gasteiger partial charge in [-0.15, -0.1) is 0 Å². The minimum absolute atomic E-state index is 0.126. The molecule has 0 radical (unpaired) electrons. The second-order valence-electron chi connectivity index (χ2n) is 6.07. The number of nitrogens with one attached hydrogen (secondary N) is 3. The summed E-state index contributed by atoms with van der Waals surface area (Å²) in [5, 5.41) is 9.08. The maximum Gasteiger partial charge on any atom is 0.243 e. The first-order valence-corrected chi connectivity index (χ1v) is 9.57. The van der Waals surface area contributed by atoms with Gasteiger partial charge in [-0.1, -0.05) is 22.0 Å². The monoisotopic (exact) mass is 426 g/mol. The summed E-state index contributed by atoms with van der Waals surface area (Å²) in [5.41, 5.74) is 1.80. The van der Waals surface area contributed by atoms with E-state index in [2.05, 4.69) is 36.9 Å². The number of hydrogen-bond donors (Lipinski definition) is 3. The molecule has 3 N–H and O–H groups in total. The molecular formula is C18H27BrN4O3. The van der Waals surface area contributed by atoms with E-state index in [0.717, 1.165) is 41.7 Å². The number of aryl methyl sites for hydroxylation is 1. The Kier molecular flexibility index (Phi) is 8.87. The van der Waals surface area contributed by atoms with E-state index in [1.807, 2.05) is 25.1 Å². The fourth-order valence-electron chi connectivity index (χ4n) is 2.48. The van der Waals surface area contributed by atoms with Crippen LogP contribution in [0.4, 0.5) is 5.69 Å². The van der Waals surface area contributed by atoms with Crippen molar-refractivity contribution in [3.05, 3.63) is 28.2 Å². The number of hydrogen-bond acceptors (Lipinski definition) is 4. The number of carbonyl (C=O) groups excluding carboxylic acids is 1. The number of rotatable bonds is 8. The number of anilines is 1. The van der Waals surface area contributed by atoms with Gasteiger partial charge in [0.25, 0.3) is 0 Å². The van der Waals surface area contributed by atoms with Gasteiger partial charge in [-0.3, -0.25) is 9.79 Å². The molecule has 7 nitrogen and oxygen atoms in total. The summed E-state index contributed by atoms with van der Waals surface area (Å²) < 4.78 is 11.9. The third-order valence-electron chi connectivity index (χ3n) is 3.97. The minimum Gasteiger partial charge on any atom is -0.379 e. The van der Waals surface area contributed by atoms with Crippen molar-refractivity contribution in [1.29, 1.82) is 0 Å². The first-order chi connectivity index (χ1) is 12.6. The van der Waals surface area contributed by atoms with Crippen molar-refractivity contribution >= 4 is 33.5 Å². The van der Waals surface area contributed by atoms with Crippen LogP contribution >= 0.6 is 15.9 Å². The van der Waals surface area contributed by atoms with Gasteiger partial charge in [-0.2, -0.15) is 0 Å². The van der Waals surface area contributed by atoms with Crippen molar-refractivity contribution in [2.45, 2.75) is 25.9 Å². The first kappa shape index (κ1) is 20.7. The number of amides is 1. The van der Waals surface area contributed by atoms with Gasteiger partial charge >= 0.3 is 0 Å². The molecule has 0 saturated carbocycles. The maximum atomic E-state index is 12.1. The third-order valence-corrected chi connectivity index (χ3v) is 4.46. The molecule has 1 aliphatic heterocycles. The van der Waals surface area contributed by atoms with Gasteiger partial charge in [-0.25, -0.2) is 0 Å². The smallest absolute Gasteiger partial charge is 0.243 e. The van der Waals surface area contributed by atoms with Crippen LogP contribution in [0, 0.1) is 6.92 Å². The molecule has 0 aromatic heterocycles. The second kappa shape index (κ2) is 11.2. The molecule has 0 bridgehead atoms. The molecular weight excluding hydrogens is 400 g/mol. The first-order valence-electron chi connectivity index (χ1n) is 8.78. The van der Waals surface area contributed by atoms with Crippen molar-refractivity contribution in [3.8, 4) is 0 Å². The highest BCUT2D eigenvalue weighted by molar-refractivity contribution is 9.10. The van der Waals surface area contributed by atoms with Crippen molar-refractivity contribution in [2.24, 2.45) is 4.99 Å². The zero-order chi connectivity index (χ0) is 18.8. The highest BCUT2D eigenvalue weighted by atomic mass is 79.9. The van der Waals surface area contributed by atoms with Crippen LogP contribution in [0.15, 0.2) is 27.7 Å². The molecule has 1 aliphatic rings. The van der Waals surface area contributed by atoms with Gasteiger partial charge in [0.05, 0.1) is 19.3 Å². The molecule has 2 rings (SSSR count). The van der Waals surface area contributed by atoms with Gasteiger partial charge in [-0.05, 0) is 37.5 Å². The Balaban J connectivity index is 1.62. The van der Waals surface area contributed by atoms with Crippen molar-refractivity contribution in [2.75, 3.05) is 45.3 Å². The lowest BCUT2D eigenvalue weighted by molar-refractivity contribution is -0.115. The number of guanidine groups is 1. The van der Waals surface area contributed by atoms with Crippen LogP contribution < -0.4 is 16.0 Å². The third kappa shape index (κ3) is 7.31. The van der Waals surface area contributed by atoms with E-state index in [1.165, 1.54) is 0 Å². The van der Waals surface area contributed by atoms with Gasteiger partial charge in [0.2, 0.25) is 5.91 Å². The lowest BCUT2D eigenvalue weighted by atomic mass is 10.2. The molecule has 1 fully saturated rings. The predicted molar refractivity (Wildman–Crippen MR) is 107 cm³/mol. The van der Waals surface area contributed by atoms with Crippen LogP contribution in [0.3, 0.4) is 0 Å². The van der Waals surface area contributed by atoms with E-state index >= 15 is 0 Å². The number of ether oxygens (including phenoxy) is 2. The SMILES string of the molecule is CN=C(NCCCOC1CCOC1)NCC(=O)Nc1cc(Br)ccc1C. The Hall–Kier alpha value is -1.64. The molecule has 8 heteroatoms. The molecule has 1 saturated heterocycles. The topological polar surface area (TPSA) is 84.0 Å². The van der Waals surface area contributed by atoms with Crippen LogP contribution in [0.25, 0.3) is 0 Å². The number of halogens is 1. The summed E-state index contributed by atoms with van der Waals surface area (Å²) in [6, 6.07) is 5.78. The summed E-state index contributed by atoms with van der Waals surface area (Å²) in [7, 11) is 1.68. The van der Waals surface area contributed by atoms with Crippen molar-refractivity contribution in [3.63, 3.8) is 0 Å². The zero-order valence-corrected chi connectivity index (χ0v) is 16.9. The van der Waals surface area contributed by atoms with Crippen molar-refractivity contribution < 1.29 is 14.3 Å². The normalized spacial score (nSPS) is 17.2. The van der Waals surface area contributed by atoms with Gasteiger partial charge in [0, 0.05) is 37.0 Å². The Morgan fingerprint density at radius 2 is 2.27 bits per heavy atom. The highest BCUT2D eigenvalue weighted by Gasteiger charge is 2.15. The molecule has 26 heavy (non-hydrogen) atoms. The van der Waals surface area contributed by atoms with E-state index in [-0.39, 0.29) is 18.6 Å². The lowest BCUT2D eigenvalue weighted by Gasteiger charge is -2.14. The predicted octanol–water partition coefficient (Wildman–Crippen LogP) is 2.06. The van der Waals surface area contributed by atoms with E-state index in [4.69, 9.17) is 9.47 Å². The molecule has 1 heterocycles. The second-order valence-corrected chi connectivity index (χ2v) is 6.99. The molecule has 1 aromatic carbocycles. The summed E-state index contributed by atoms with van der Waals surface area (Å²) in [6.07, 6.45) is 2.07. The Morgan fingerprint density at radius 3 is 3.00 bits per heavy atom. The Labute approximate surface area is 163 Å². The average molecular weight is 427 g/mol. The fourth-order valence-corrected chi connectivity index (χ4v) is 2.84. The van der Waals surface area contributed by atoms with Crippen LogP contribution in [0.5, 0.6) is 0 Å². The molecule has 0 aliphatic carbocycles. The zero-order valence-electron chi connectivity index (χ0n) is 15.3. The van der Waals surface area contributed by atoms with Gasteiger partial charge < -0.3 is 25.4 Å². The number of carbonyl (C=O) groups is 1. The minimum atomic E-state index is -0.126. The number of nitrogens with zero attached hydrogens (tertiary/aromatic N) is 1. The average Bonchev–Trinajstić information content (AvgIpc) is 3.14.